The van der Waals surface area contributed by atoms with Crippen LogP contribution in [0.15, 0.2) is 60.9 Å². The minimum Gasteiger partial charge on any atom is -0.463 e. The molecular weight excluding hydrogens is 591 g/mol. The summed E-state index contributed by atoms with van der Waals surface area (Å²) < 4.78 is 27.9. The number of piperidine rings is 1. The van der Waals surface area contributed by atoms with Crippen molar-refractivity contribution in [2.45, 2.75) is 52.2 Å². The first-order chi connectivity index (χ1) is 21.9. The van der Waals surface area contributed by atoms with Gasteiger partial charge in [0.15, 0.2) is 0 Å². The number of anilines is 1. The van der Waals surface area contributed by atoms with Crippen molar-refractivity contribution in [2.75, 3.05) is 24.6 Å². The second kappa shape index (κ2) is 13.5. The van der Waals surface area contributed by atoms with Crippen LogP contribution < -0.4 is 4.90 Å². The van der Waals surface area contributed by atoms with Gasteiger partial charge in [-0.2, -0.15) is 0 Å². The number of carbonyl (C=O) groups excluding carboxylic acids is 3. The van der Waals surface area contributed by atoms with E-state index in [4.69, 9.17) is 9.47 Å². The van der Waals surface area contributed by atoms with E-state index in [0.29, 0.717) is 41.8 Å². The Bertz CT molecular complexity index is 1800. The van der Waals surface area contributed by atoms with Gasteiger partial charge in [-0.1, -0.05) is 23.4 Å². The molecule has 0 radical (unpaired) electrons. The number of amides is 2. The maximum atomic E-state index is 15.7. The maximum absolute atomic E-state index is 15.7. The van der Waals surface area contributed by atoms with Crippen molar-refractivity contribution in [3.63, 3.8) is 0 Å². The van der Waals surface area contributed by atoms with Gasteiger partial charge >= 0.3 is 12.1 Å². The van der Waals surface area contributed by atoms with Crippen molar-refractivity contribution in [2.24, 2.45) is 7.05 Å². The lowest BCUT2D eigenvalue weighted by Gasteiger charge is -2.39. The molecular formula is C34H37FN6O5. The predicted molar refractivity (Wildman–Crippen MR) is 171 cm³/mol. The van der Waals surface area contributed by atoms with Gasteiger partial charge < -0.3 is 14.4 Å². The van der Waals surface area contributed by atoms with Crippen LogP contribution in [0.4, 0.5) is 15.0 Å². The number of fused-ring (bicyclic) bond motifs is 1. The van der Waals surface area contributed by atoms with E-state index in [1.165, 1.54) is 27.8 Å². The third-order valence-corrected chi connectivity index (χ3v) is 7.42. The van der Waals surface area contributed by atoms with Gasteiger partial charge in [-0.3, -0.25) is 14.4 Å². The average molecular weight is 629 g/mol. The van der Waals surface area contributed by atoms with Gasteiger partial charge in [-0.05, 0) is 81.8 Å². The summed E-state index contributed by atoms with van der Waals surface area (Å²) in [6.07, 6.45) is 6.92. The van der Waals surface area contributed by atoms with Crippen LogP contribution in [0, 0.1) is 5.82 Å². The Morgan fingerprint density at radius 2 is 1.93 bits per heavy atom. The lowest BCUT2D eigenvalue weighted by Crippen LogP contribution is -2.53. The standard InChI is InChI=1S/C34H37FN6O5/c1-6-45-30(42)14-10-22-9-12-26-23(18-22)15-16-36-31(26)41(25-8-7-17-40(20-25)33(44)46-34(2,3)4)32(43)27-13-11-24(19-28(27)35)29-21-39(5)38-37-29/h9-16,18-19,21,25H,6-8,17,20H2,1-5H3/b14-10+/t25-/m1/s1. The number of rotatable bonds is 7. The van der Waals surface area contributed by atoms with Gasteiger partial charge in [0.05, 0.1) is 24.4 Å². The number of esters is 1. The fraction of sp³-hybridized carbons (Fsp3) is 0.353. The average Bonchev–Trinajstić information content (AvgIpc) is 3.45. The first-order valence-electron chi connectivity index (χ1n) is 15.1. The van der Waals surface area contributed by atoms with Crippen LogP contribution in [0.1, 0.15) is 56.5 Å². The zero-order chi connectivity index (χ0) is 33.0. The molecule has 0 N–H and O–H groups in total. The number of benzene rings is 2. The third kappa shape index (κ3) is 7.39. The molecule has 12 heteroatoms. The first kappa shape index (κ1) is 32.3. The zero-order valence-corrected chi connectivity index (χ0v) is 26.6. The second-order valence-electron chi connectivity index (χ2n) is 12.1. The van der Waals surface area contributed by atoms with Crippen molar-refractivity contribution < 1.29 is 28.2 Å². The minimum absolute atomic E-state index is 0.144. The molecule has 1 atom stereocenters. The molecule has 3 heterocycles. The fourth-order valence-corrected chi connectivity index (χ4v) is 5.38. The van der Waals surface area contributed by atoms with Crippen LogP contribution in [-0.4, -0.2) is 74.2 Å². The molecule has 0 aliphatic carbocycles. The number of ether oxygens (including phenoxy) is 2. The summed E-state index contributed by atoms with van der Waals surface area (Å²) in [5, 5.41) is 9.35. The summed E-state index contributed by atoms with van der Waals surface area (Å²) in [4.78, 5) is 47.0. The summed E-state index contributed by atoms with van der Waals surface area (Å²) in [5.41, 5.74) is 0.865. The van der Waals surface area contributed by atoms with E-state index >= 15 is 4.39 Å². The molecule has 0 spiro atoms. The Balaban J connectivity index is 1.55. The summed E-state index contributed by atoms with van der Waals surface area (Å²) in [7, 11) is 1.71. The van der Waals surface area contributed by atoms with Crippen LogP contribution in [0.2, 0.25) is 0 Å². The molecule has 1 fully saturated rings. The van der Waals surface area contributed by atoms with Gasteiger partial charge in [0.25, 0.3) is 5.91 Å². The predicted octanol–water partition coefficient (Wildman–Crippen LogP) is 5.79. The van der Waals surface area contributed by atoms with E-state index < -0.39 is 35.4 Å². The highest BCUT2D eigenvalue weighted by Gasteiger charge is 2.36. The Hall–Kier alpha value is -5.13. The number of carbonyl (C=O) groups is 3. The number of aryl methyl sites for hydroxylation is 1. The van der Waals surface area contributed by atoms with Crippen LogP contribution in [0.3, 0.4) is 0 Å². The van der Waals surface area contributed by atoms with E-state index in [-0.39, 0.29) is 18.7 Å². The molecule has 0 unspecified atom stereocenters. The van der Waals surface area contributed by atoms with E-state index in [1.807, 2.05) is 12.1 Å². The number of aromatic nitrogens is 4. The molecule has 2 aromatic carbocycles. The molecule has 4 aromatic rings. The smallest absolute Gasteiger partial charge is 0.410 e. The molecule has 0 bridgehead atoms. The lowest BCUT2D eigenvalue weighted by atomic mass is 10.0. The molecule has 1 saturated heterocycles. The quantitative estimate of drug-likeness (QED) is 0.186. The highest BCUT2D eigenvalue weighted by molar-refractivity contribution is 6.10. The van der Waals surface area contributed by atoms with Crippen molar-refractivity contribution in [3.8, 4) is 11.3 Å². The van der Waals surface area contributed by atoms with E-state index in [1.54, 1.807) is 76.3 Å². The number of likely N-dealkylation sites (tertiary alicyclic amines) is 1. The summed E-state index contributed by atoms with van der Waals surface area (Å²) in [6.45, 7) is 8.05. The molecule has 1 aliphatic rings. The van der Waals surface area contributed by atoms with Gasteiger partial charge in [0.1, 0.15) is 22.9 Å². The van der Waals surface area contributed by atoms with Crippen LogP contribution in [-0.2, 0) is 21.3 Å². The number of nitrogens with zero attached hydrogens (tertiary/aromatic N) is 6. The lowest BCUT2D eigenvalue weighted by molar-refractivity contribution is -0.137. The van der Waals surface area contributed by atoms with Crippen LogP contribution >= 0.6 is 0 Å². The Morgan fingerprint density at radius 3 is 2.63 bits per heavy atom. The second-order valence-corrected chi connectivity index (χ2v) is 12.1. The van der Waals surface area contributed by atoms with Crippen molar-refractivity contribution >= 4 is 40.6 Å². The van der Waals surface area contributed by atoms with Gasteiger partial charge in [-0.25, -0.2) is 19.0 Å². The normalized spacial score (nSPS) is 15.3. The van der Waals surface area contributed by atoms with Crippen molar-refractivity contribution in [3.05, 3.63) is 77.9 Å². The molecule has 2 amide bonds. The maximum Gasteiger partial charge on any atom is 0.410 e. The largest absolute Gasteiger partial charge is 0.463 e. The van der Waals surface area contributed by atoms with Gasteiger partial charge in [-0.15, -0.1) is 5.10 Å². The summed E-state index contributed by atoms with van der Waals surface area (Å²) in [5.74, 6) is -1.43. The molecule has 1 aliphatic heterocycles. The molecule has 240 valence electrons. The molecule has 46 heavy (non-hydrogen) atoms. The van der Waals surface area contributed by atoms with Crippen molar-refractivity contribution in [1.29, 1.82) is 0 Å². The Kier molecular flexibility index (Phi) is 9.45. The molecule has 2 aromatic heterocycles. The monoisotopic (exact) mass is 628 g/mol. The minimum atomic E-state index is -0.718. The third-order valence-electron chi connectivity index (χ3n) is 7.42. The highest BCUT2D eigenvalue weighted by Crippen LogP contribution is 2.32. The number of halogens is 1. The van der Waals surface area contributed by atoms with Gasteiger partial charge in [0.2, 0.25) is 0 Å². The molecule has 0 saturated carbocycles. The summed E-state index contributed by atoms with van der Waals surface area (Å²) in [6, 6.07) is 11.1. The Morgan fingerprint density at radius 1 is 1.13 bits per heavy atom. The van der Waals surface area contributed by atoms with E-state index in [2.05, 4.69) is 15.3 Å². The van der Waals surface area contributed by atoms with E-state index in [9.17, 15) is 14.4 Å². The fourth-order valence-electron chi connectivity index (χ4n) is 5.38. The number of hydrogen-bond donors (Lipinski definition) is 0. The topological polar surface area (TPSA) is 120 Å². The summed E-state index contributed by atoms with van der Waals surface area (Å²) >= 11 is 0. The highest BCUT2D eigenvalue weighted by atomic mass is 19.1. The number of hydrogen-bond acceptors (Lipinski definition) is 8. The Labute approximate surface area is 266 Å². The number of pyridine rings is 1. The van der Waals surface area contributed by atoms with Crippen LogP contribution in [0.25, 0.3) is 28.1 Å². The SMILES string of the molecule is CCOC(=O)/C=C/c1ccc2c(N(C(=O)c3ccc(-c4cn(C)nn4)cc3F)[C@@H]3CCCN(C(=O)OC(C)(C)C)C3)nccc2c1. The molecule has 11 nitrogen and oxygen atoms in total. The molecule has 5 rings (SSSR count). The first-order valence-corrected chi connectivity index (χ1v) is 15.1. The van der Waals surface area contributed by atoms with Crippen LogP contribution in [0.5, 0.6) is 0 Å². The van der Waals surface area contributed by atoms with Crippen molar-refractivity contribution in [1.82, 2.24) is 24.9 Å². The van der Waals surface area contributed by atoms with Gasteiger partial charge in [0, 0.05) is 43.4 Å². The van der Waals surface area contributed by atoms with E-state index in [0.717, 1.165) is 10.9 Å². The zero-order valence-electron chi connectivity index (χ0n) is 26.6.